The van der Waals surface area contributed by atoms with Gasteiger partial charge in [0.05, 0.1) is 12.7 Å². The van der Waals surface area contributed by atoms with Gasteiger partial charge in [-0.3, -0.25) is 4.68 Å². The van der Waals surface area contributed by atoms with E-state index in [9.17, 15) is 0 Å². The normalized spacial score (nSPS) is 15.1. The predicted octanol–water partition coefficient (Wildman–Crippen LogP) is 2.58. The van der Waals surface area contributed by atoms with Crippen LogP contribution in [0.2, 0.25) is 0 Å². The second kappa shape index (κ2) is 4.01. The van der Waals surface area contributed by atoms with Crippen molar-refractivity contribution in [2.24, 2.45) is 0 Å². The first-order chi connectivity index (χ1) is 7.83. The molecule has 2 heterocycles. The summed E-state index contributed by atoms with van der Waals surface area (Å²) in [6.07, 6.45) is 7.03. The number of aromatic nitrogens is 3. The van der Waals surface area contributed by atoms with Crippen LogP contribution in [0.25, 0.3) is 0 Å². The lowest BCUT2D eigenvalue weighted by molar-refractivity contribution is 0.594. The van der Waals surface area contributed by atoms with Crippen molar-refractivity contribution in [3.05, 3.63) is 33.5 Å². The number of fused-ring (bicyclic) bond motifs is 1. The number of nitrogens with zero attached hydrogens (tertiary/aromatic N) is 3. The van der Waals surface area contributed by atoms with Crippen LogP contribution in [-0.2, 0) is 19.4 Å². The van der Waals surface area contributed by atoms with E-state index in [4.69, 9.17) is 0 Å². The first-order valence-corrected chi connectivity index (χ1v) is 6.65. The average molecular weight is 233 g/mol. The smallest absolute Gasteiger partial charge is 0.114 e. The van der Waals surface area contributed by atoms with E-state index in [1.807, 2.05) is 13.1 Å². The van der Waals surface area contributed by atoms with Gasteiger partial charge in [0.1, 0.15) is 5.01 Å². The highest BCUT2D eigenvalue weighted by Gasteiger charge is 2.15. The quantitative estimate of drug-likeness (QED) is 0.798. The fourth-order valence-corrected chi connectivity index (χ4v) is 3.05. The second-order valence-corrected chi connectivity index (χ2v) is 5.31. The van der Waals surface area contributed by atoms with Crippen molar-refractivity contribution in [1.29, 1.82) is 0 Å². The zero-order valence-electron chi connectivity index (χ0n) is 9.44. The summed E-state index contributed by atoms with van der Waals surface area (Å²) in [5, 5.41) is 7.75. The molecule has 0 bridgehead atoms. The molecule has 0 atom stereocenters. The van der Waals surface area contributed by atoms with Crippen LogP contribution < -0.4 is 0 Å². The lowest BCUT2D eigenvalue weighted by Crippen LogP contribution is -2.10. The van der Waals surface area contributed by atoms with Crippen LogP contribution >= 0.6 is 11.3 Å². The molecule has 4 heteroatoms. The molecule has 0 aliphatic heterocycles. The number of rotatable bonds is 2. The van der Waals surface area contributed by atoms with Crippen molar-refractivity contribution >= 4 is 11.3 Å². The fourth-order valence-electron chi connectivity index (χ4n) is 2.30. The summed E-state index contributed by atoms with van der Waals surface area (Å²) in [6, 6.07) is 0. The maximum atomic E-state index is 4.49. The van der Waals surface area contributed by atoms with Gasteiger partial charge in [-0.2, -0.15) is 5.10 Å². The summed E-state index contributed by atoms with van der Waals surface area (Å²) in [6.45, 7) is 2.88. The largest absolute Gasteiger partial charge is 0.262 e. The minimum absolute atomic E-state index is 0.841. The molecule has 0 N–H and O–H groups in total. The third-order valence-corrected chi connectivity index (χ3v) is 4.05. The Bertz CT molecular complexity index is 498. The van der Waals surface area contributed by atoms with Gasteiger partial charge in [0, 0.05) is 16.8 Å². The van der Waals surface area contributed by atoms with Crippen LogP contribution in [-0.4, -0.2) is 14.8 Å². The van der Waals surface area contributed by atoms with Gasteiger partial charge in [-0.25, -0.2) is 4.98 Å². The van der Waals surface area contributed by atoms with E-state index in [0.29, 0.717) is 0 Å². The van der Waals surface area contributed by atoms with Gasteiger partial charge in [0.25, 0.3) is 0 Å². The summed E-state index contributed by atoms with van der Waals surface area (Å²) in [7, 11) is 0. The summed E-state index contributed by atoms with van der Waals surface area (Å²) in [5.74, 6) is 0. The predicted molar refractivity (Wildman–Crippen MR) is 64.8 cm³/mol. The Kier molecular flexibility index (Phi) is 2.52. The van der Waals surface area contributed by atoms with Crippen LogP contribution in [0, 0.1) is 6.92 Å². The van der Waals surface area contributed by atoms with Crippen molar-refractivity contribution in [3.63, 3.8) is 0 Å². The Morgan fingerprint density at radius 3 is 3.06 bits per heavy atom. The molecule has 84 valence electrons. The van der Waals surface area contributed by atoms with Gasteiger partial charge in [0.2, 0.25) is 0 Å². The van der Waals surface area contributed by atoms with E-state index < -0.39 is 0 Å². The van der Waals surface area contributed by atoms with E-state index in [2.05, 4.69) is 20.1 Å². The third kappa shape index (κ3) is 1.78. The molecule has 3 nitrogen and oxygen atoms in total. The van der Waals surface area contributed by atoms with Gasteiger partial charge in [-0.05, 0) is 38.2 Å². The van der Waals surface area contributed by atoms with Crippen molar-refractivity contribution in [2.75, 3.05) is 0 Å². The Morgan fingerprint density at radius 2 is 2.25 bits per heavy atom. The number of hydrogen-bond acceptors (Lipinski definition) is 3. The summed E-state index contributed by atoms with van der Waals surface area (Å²) in [4.78, 5) is 4.49. The second-order valence-electron chi connectivity index (χ2n) is 4.36. The molecule has 0 saturated heterocycles. The van der Waals surface area contributed by atoms with E-state index in [-0.39, 0.29) is 0 Å². The number of aryl methyl sites for hydroxylation is 2. The van der Waals surface area contributed by atoms with Gasteiger partial charge in [0.15, 0.2) is 0 Å². The molecule has 0 amide bonds. The minimum Gasteiger partial charge on any atom is -0.262 e. The monoisotopic (exact) mass is 233 g/mol. The maximum absolute atomic E-state index is 4.49. The van der Waals surface area contributed by atoms with Gasteiger partial charge in [-0.15, -0.1) is 11.3 Å². The highest BCUT2D eigenvalue weighted by molar-refractivity contribution is 7.09. The Hall–Kier alpha value is -1.16. The van der Waals surface area contributed by atoms with E-state index in [1.54, 1.807) is 11.3 Å². The molecule has 2 aromatic rings. The Balaban J connectivity index is 1.87. The van der Waals surface area contributed by atoms with Crippen LogP contribution in [0.3, 0.4) is 0 Å². The standard InChI is InChI=1S/C12H15N3S/c1-9-8-16-12(14-9)7-15-11-5-3-2-4-10(11)6-13-15/h6,8H,2-5,7H2,1H3. The minimum atomic E-state index is 0.841. The molecule has 0 saturated carbocycles. The molecule has 16 heavy (non-hydrogen) atoms. The highest BCUT2D eigenvalue weighted by Crippen LogP contribution is 2.21. The lowest BCUT2D eigenvalue weighted by Gasteiger charge is -2.12. The molecule has 0 unspecified atom stereocenters. The van der Waals surface area contributed by atoms with Gasteiger partial charge >= 0.3 is 0 Å². The molecule has 0 fully saturated rings. The van der Waals surface area contributed by atoms with E-state index >= 15 is 0 Å². The van der Waals surface area contributed by atoms with E-state index in [0.717, 1.165) is 17.2 Å². The molecule has 0 aromatic carbocycles. The average Bonchev–Trinajstić information content (AvgIpc) is 2.87. The molecule has 0 radical (unpaired) electrons. The Morgan fingerprint density at radius 1 is 1.38 bits per heavy atom. The van der Waals surface area contributed by atoms with Gasteiger partial charge < -0.3 is 0 Å². The van der Waals surface area contributed by atoms with Crippen LogP contribution in [0.5, 0.6) is 0 Å². The molecular weight excluding hydrogens is 218 g/mol. The maximum Gasteiger partial charge on any atom is 0.114 e. The SMILES string of the molecule is Cc1csc(Cn2ncc3c2CCCC3)n1. The number of hydrogen-bond donors (Lipinski definition) is 0. The number of thiazole rings is 1. The molecule has 3 rings (SSSR count). The zero-order chi connectivity index (χ0) is 11.0. The highest BCUT2D eigenvalue weighted by atomic mass is 32.1. The van der Waals surface area contributed by atoms with Crippen LogP contribution in [0.1, 0.15) is 34.8 Å². The van der Waals surface area contributed by atoms with Crippen molar-refractivity contribution in [3.8, 4) is 0 Å². The fraction of sp³-hybridized carbons (Fsp3) is 0.500. The molecule has 1 aliphatic rings. The first-order valence-electron chi connectivity index (χ1n) is 5.77. The van der Waals surface area contributed by atoms with Crippen molar-refractivity contribution in [1.82, 2.24) is 14.8 Å². The van der Waals surface area contributed by atoms with Crippen molar-refractivity contribution in [2.45, 2.75) is 39.2 Å². The lowest BCUT2D eigenvalue weighted by atomic mass is 9.98. The summed E-state index contributed by atoms with van der Waals surface area (Å²) in [5.41, 5.74) is 3.99. The van der Waals surface area contributed by atoms with Gasteiger partial charge in [-0.1, -0.05) is 0 Å². The first kappa shape index (κ1) is 10.0. The third-order valence-electron chi connectivity index (χ3n) is 3.10. The molecule has 0 spiro atoms. The molecular formula is C12H15N3S. The summed E-state index contributed by atoms with van der Waals surface area (Å²) < 4.78 is 2.13. The van der Waals surface area contributed by atoms with Crippen LogP contribution in [0.4, 0.5) is 0 Å². The molecule has 2 aromatic heterocycles. The topological polar surface area (TPSA) is 30.7 Å². The van der Waals surface area contributed by atoms with Crippen LogP contribution in [0.15, 0.2) is 11.6 Å². The van der Waals surface area contributed by atoms with E-state index in [1.165, 1.54) is 36.9 Å². The molecule has 1 aliphatic carbocycles. The summed E-state index contributed by atoms with van der Waals surface area (Å²) >= 11 is 1.73. The Labute approximate surface area is 99.1 Å². The zero-order valence-corrected chi connectivity index (χ0v) is 10.3. The van der Waals surface area contributed by atoms with Crippen molar-refractivity contribution < 1.29 is 0 Å².